The lowest BCUT2D eigenvalue weighted by Crippen LogP contribution is -2.64. The number of aromatic hydroxyl groups is 1. The number of carbonyl (C=O) groups is 4. The number of rotatable bonds is 6. The summed E-state index contributed by atoms with van der Waals surface area (Å²) in [7, 11) is 0. The van der Waals surface area contributed by atoms with Gasteiger partial charge in [0, 0.05) is 95.2 Å². The normalized spacial score (nSPS) is 24.4. The molecular formula is C40H48N10O6. The van der Waals surface area contributed by atoms with Gasteiger partial charge in [-0.05, 0) is 61.1 Å². The van der Waals surface area contributed by atoms with E-state index in [4.69, 9.17) is 0 Å². The average molecular weight is 765 g/mol. The van der Waals surface area contributed by atoms with Gasteiger partial charge in [0.1, 0.15) is 11.8 Å². The van der Waals surface area contributed by atoms with Crippen LogP contribution in [0.1, 0.15) is 41.6 Å². The van der Waals surface area contributed by atoms with E-state index in [1.54, 1.807) is 17.0 Å². The van der Waals surface area contributed by atoms with Crippen molar-refractivity contribution in [2.45, 2.75) is 50.4 Å². The summed E-state index contributed by atoms with van der Waals surface area (Å²) in [4.78, 5) is 63.8. The van der Waals surface area contributed by atoms with Crippen LogP contribution in [-0.2, 0) is 16.1 Å². The summed E-state index contributed by atoms with van der Waals surface area (Å²) in [6, 6.07) is 14.2. The maximum absolute atomic E-state index is 14.0. The van der Waals surface area contributed by atoms with Crippen LogP contribution in [0.3, 0.4) is 0 Å². The molecule has 0 saturated carbocycles. The molecule has 294 valence electrons. The quantitative estimate of drug-likeness (QED) is 0.267. The van der Waals surface area contributed by atoms with Crippen LogP contribution >= 0.6 is 0 Å². The van der Waals surface area contributed by atoms with Gasteiger partial charge in [0.25, 0.3) is 5.91 Å². The number of carbonyl (C=O) groups excluding carboxylic acids is 4. The molecule has 4 saturated heterocycles. The Morgan fingerprint density at radius 3 is 2.52 bits per heavy atom. The van der Waals surface area contributed by atoms with Crippen molar-refractivity contribution >= 4 is 40.9 Å². The molecular weight excluding hydrogens is 717 g/mol. The molecule has 2 unspecified atom stereocenters. The second kappa shape index (κ2) is 14.9. The van der Waals surface area contributed by atoms with Crippen molar-refractivity contribution in [3.63, 3.8) is 0 Å². The molecule has 0 aliphatic carbocycles. The third-order valence-electron chi connectivity index (χ3n) is 12.6. The van der Waals surface area contributed by atoms with Crippen LogP contribution in [-0.4, -0.2) is 154 Å². The Hall–Kier alpha value is -5.48. The van der Waals surface area contributed by atoms with Gasteiger partial charge in [-0.1, -0.05) is 18.2 Å². The Balaban J connectivity index is 0.766. The van der Waals surface area contributed by atoms with E-state index in [0.717, 1.165) is 56.0 Å². The Morgan fingerprint density at radius 1 is 0.875 bits per heavy atom. The molecule has 2 aromatic carbocycles. The highest BCUT2D eigenvalue weighted by Gasteiger charge is 2.41. The maximum atomic E-state index is 14.0. The number of aliphatic hydroxyl groups is 1. The van der Waals surface area contributed by atoms with Crippen LogP contribution in [0.25, 0.3) is 11.3 Å². The number of amides is 5. The van der Waals surface area contributed by atoms with E-state index in [1.807, 2.05) is 40.1 Å². The Bertz CT molecular complexity index is 2040. The number of aromatic nitrogens is 2. The molecule has 0 bridgehead atoms. The van der Waals surface area contributed by atoms with Crippen LogP contribution in [0.2, 0.25) is 0 Å². The summed E-state index contributed by atoms with van der Waals surface area (Å²) in [5, 5.41) is 35.4. The van der Waals surface area contributed by atoms with Gasteiger partial charge in [0.15, 0.2) is 5.82 Å². The van der Waals surface area contributed by atoms with E-state index in [2.05, 4.69) is 41.6 Å². The number of imide groups is 1. The summed E-state index contributed by atoms with van der Waals surface area (Å²) in [6.07, 6.45) is 2.58. The molecule has 16 nitrogen and oxygen atoms in total. The molecule has 9 rings (SSSR count). The molecule has 4 fully saturated rings. The van der Waals surface area contributed by atoms with Gasteiger partial charge in [0.2, 0.25) is 11.8 Å². The van der Waals surface area contributed by atoms with Crippen molar-refractivity contribution in [1.29, 1.82) is 0 Å². The van der Waals surface area contributed by atoms with E-state index < -0.39 is 11.9 Å². The van der Waals surface area contributed by atoms with Gasteiger partial charge in [-0.25, -0.2) is 4.79 Å². The monoisotopic (exact) mass is 764 g/mol. The van der Waals surface area contributed by atoms with Gasteiger partial charge in [0.05, 0.1) is 30.1 Å². The molecule has 3 atom stereocenters. The number of aliphatic hydroxyl groups excluding tert-OH is 1. The number of nitrogens with zero attached hydrogens (tertiary/aromatic N) is 8. The number of para-hydroxylation sites is 1. The Kier molecular flexibility index (Phi) is 9.61. The van der Waals surface area contributed by atoms with Gasteiger partial charge in [-0.15, -0.1) is 10.2 Å². The summed E-state index contributed by atoms with van der Waals surface area (Å²) in [5.74, 6) is 0.483. The highest BCUT2D eigenvalue weighted by atomic mass is 16.3. The van der Waals surface area contributed by atoms with Crippen molar-refractivity contribution in [1.82, 2.24) is 35.1 Å². The van der Waals surface area contributed by atoms with Gasteiger partial charge < -0.3 is 40.0 Å². The SMILES string of the molecule is O=C1CCC(N2Cc3ccc(N4CCC(CN5CCN(C(=O)N6CCN7c8cc(-c9ccccc9O)nnc8NC[C@H]7C6)C(CO)C5)CC4)cc3C2=O)C(=O)N1. The minimum atomic E-state index is -0.621. The summed E-state index contributed by atoms with van der Waals surface area (Å²) < 4.78 is 0. The molecule has 0 spiro atoms. The standard InChI is InChI=1S/C40H48N10O6/c51-24-29-22-45(20-25-9-11-46(12-10-25)27-6-5-26-21-50(39(55)31(26)17-27)33-7-8-36(53)42-38(33)54)13-15-49(29)40(56)47-14-16-48-28(23-47)19-41-37-34(48)18-32(43-44-37)30-3-1-2-4-35(30)52/h1-6,17-18,25,28-29,33,51-52H,7-16,19-24H2,(H,41,44)(H,42,53,54)/t28-,29?,33?/m0/s1. The molecule has 5 amide bonds. The number of phenols is 1. The lowest BCUT2D eigenvalue weighted by molar-refractivity contribution is -0.136. The number of piperazine rings is 2. The van der Waals surface area contributed by atoms with Gasteiger partial charge in [-0.2, -0.15) is 0 Å². The van der Waals surface area contributed by atoms with E-state index in [9.17, 15) is 29.4 Å². The zero-order valence-corrected chi connectivity index (χ0v) is 31.3. The predicted molar refractivity (Wildman–Crippen MR) is 207 cm³/mol. The number of anilines is 3. The van der Waals surface area contributed by atoms with Crippen molar-refractivity contribution in [2.24, 2.45) is 5.92 Å². The summed E-state index contributed by atoms with van der Waals surface area (Å²) in [5.41, 5.74) is 4.67. The second-order valence-electron chi connectivity index (χ2n) is 15.9. The van der Waals surface area contributed by atoms with Crippen LogP contribution < -0.4 is 20.4 Å². The molecule has 3 aromatic rings. The third kappa shape index (κ3) is 6.74. The van der Waals surface area contributed by atoms with Crippen molar-refractivity contribution in [3.8, 4) is 17.0 Å². The first kappa shape index (κ1) is 36.2. The van der Waals surface area contributed by atoms with Gasteiger partial charge >= 0.3 is 6.03 Å². The fraction of sp³-hybridized carbons (Fsp3) is 0.500. The second-order valence-corrected chi connectivity index (χ2v) is 15.9. The third-order valence-corrected chi connectivity index (χ3v) is 12.6. The Morgan fingerprint density at radius 2 is 1.71 bits per heavy atom. The van der Waals surface area contributed by atoms with Crippen molar-refractivity contribution < 1.29 is 29.4 Å². The molecule has 16 heteroatoms. The predicted octanol–water partition coefficient (Wildman–Crippen LogP) is 1.54. The van der Waals surface area contributed by atoms with Gasteiger partial charge in [-0.3, -0.25) is 24.6 Å². The lowest BCUT2D eigenvalue weighted by atomic mass is 9.94. The van der Waals surface area contributed by atoms with E-state index in [1.165, 1.54) is 0 Å². The zero-order chi connectivity index (χ0) is 38.5. The lowest BCUT2D eigenvalue weighted by Gasteiger charge is -2.48. The molecule has 6 aliphatic heterocycles. The smallest absolute Gasteiger partial charge is 0.320 e. The number of benzene rings is 2. The number of urea groups is 1. The zero-order valence-electron chi connectivity index (χ0n) is 31.3. The maximum Gasteiger partial charge on any atom is 0.320 e. The minimum absolute atomic E-state index is 0.0294. The molecule has 7 heterocycles. The number of nitrogens with one attached hydrogen (secondary N) is 2. The largest absolute Gasteiger partial charge is 0.507 e. The summed E-state index contributed by atoms with van der Waals surface area (Å²) >= 11 is 0. The average Bonchev–Trinajstić information content (AvgIpc) is 3.55. The molecule has 1 aromatic heterocycles. The topological polar surface area (TPSA) is 178 Å². The van der Waals surface area contributed by atoms with Crippen molar-refractivity contribution in [2.75, 3.05) is 87.2 Å². The Labute approximate surface area is 325 Å². The minimum Gasteiger partial charge on any atom is -0.507 e. The first-order valence-electron chi connectivity index (χ1n) is 19.8. The molecule has 6 aliphatic rings. The molecule has 0 radical (unpaired) electrons. The fourth-order valence-corrected chi connectivity index (χ4v) is 9.44. The highest BCUT2D eigenvalue weighted by molar-refractivity contribution is 6.05. The number of phenolic OH excluding ortho intramolecular Hbond substituents is 1. The van der Waals surface area contributed by atoms with E-state index in [0.29, 0.717) is 80.8 Å². The number of hydrogen-bond donors (Lipinski definition) is 4. The van der Waals surface area contributed by atoms with E-state index in [-0.39, 0.29) is 48.7 Å². The van der Waals surface area contributed by atoms with Crippen LogP contribution in [0.15, 0.2) is 48.5 Å². The van der Waals surface area contributed by atoms with Crippen LogP contribution in [0, 0.1) is 5.92 Å². The number of hydrogen-bond acceptors (Lipinski definition) is 12. The first-order chi connectivity index (χ1) is 27.2. The molecule has 4 N–H and O–H groups in total. The first-order valence-corrected chi connectivity index (χ1v) is 19.8. The molecule has 56 heavy (non-hydrogen) atoms. The fourth-order valence-electron chi connectivity index (χ4n) is 9.44. The number of piperidine rings is 2. The van der Waals surface area contributed by atoms with E-state index >= 15 is 0 Å². The summed E-state index contributed by atoms with van der Waals surface area (Å²) in [6.45, 7) is 7.25. The number of fused-ring (bicyclic) bond motifs is 4. The van der Waals surface area contributed by atoms with Crippen molar-refractivity contribution in [3.05, 3.63) is 59.7 Å². The van der Waals surface area contributed by atoms with Crippen LogP contribution in [0.4, 0.5) is 22.0 Å². The van der Waals surface area contributed by atoms with Crippen LogP contribution in [0.5, 0.6) is 5.75 Å². The highest BCUT2D eigenvalue weighted by Crippen LogP contribution is 2.37.